The topological polar surface area (TPSA) is 65.7 Å². The number of nitrogens with two attached hydrogens (primary N) is 1. The minimum absolute atomic E-state index is 0.396. The van der Waals surface area contributed by atoms with Gasteiger partial charge >= 0.3 is 0 Å². The predicted octanol–water partition coefficient (Wildman–Crippen LogP) is 0.399. The van der Waals surface area contributed by atoms with Crippen molar-refractivity contribution in [3.05, 3.63) is 5.82 Å². The molecule has 0 spiro atoms. The van der Waals surface area contributed by atoms with Crippen LogP contribution in [0, 0.1) is 0 Å². The second kappa shape index (κ2) is 4.61. The zero-order valence-electron chi connectivity index (χ0n) is 8.49. The Labute approximate surface area is 94.4 Å². The molecule has 1 saturated carbocycles. The Balaban J connectivity index is 1.90. The molecule has 15 heavy (non-hydrogen) atoms. The molecule has 1 fully saturated rings. The van der Waals surface area contributed by atoms with Crippen molar-refractivity contribution in [1.82, 2.24) is 16.0 Å². The van der Waals surface area contributed by atoms with E-state index < -0.39 is 0 Å². The fourth-order valence-electron chi connectivity index (χ4n) is 1.91. The number of rotatable bonds is 2. The summed E-state index contributed by atoms with van der Waals surface area (Å²) >= 11 is 4.66. The summed E-state index contributed by atoms with van der Waals surface area (Å²) in [6.45, 7) is 0. The third-order valence-electron chi connectivity index (χ3n) is 2.69. The number of hydrogen-bond acceptors (Lipinski definition) is 6. The van der Waals surface area contributed by atoms with Gasteiger partial charge < -0.3 is 5.73 Å². The molecule has 0 aromatic heterocycles. The minimum Gasteiger partial charge on any atom is -0.367 e. The van der Waals surface area contributed by atoms with E-state index in [9.17, 15) is 0 Å². The second-order valence-electron chi connectivity index (χ2n) is 3.83. The first-order valence-electron chi connectivity index (χ1n) is 5.22. The molecule has 0 aromatic carbocycles. The van der Waals surface area contributed by atoms with E-state index in [4.69, 9.17) is 5.73 Å². The Morgan fingerprint density at radius 1 is 1.47 bits per heavy atom. The largest absolute Gasteiger partial charge is 0.367 e. The van der Waals surface area contributed by atoms with E-state index in [1.54, 1.807) is 5.12 Å². The van der Waals surface area contributed by atoms with Gasteiger partial charge in [0.2, 0.25) is 11.8 Å². The van der Waals surface area contributed by atoms with Gasteiger partial charge in [0, 0.05) is 11.1 Å². The van der Waals surface area contributed by atoms with E-state index in [1.165, 1.54) is 32.1 Å². The van der Waals surface area contributed by atoms with E-state index >= 15 is 0 Å². The molecule has 6 heteroatoms. The van der Waals surface area contributed by atoms with E-state index in [2.05, 4.69) is 33.1 Å². The molecule has 0 radical (unpaired) electrons. The van der Waals surface area contributed by atoms with Crippen LogP contribution in [0.3, 0.4) is 0 Å². The Kier molecular flexibility index (Phi) is 3.20. The number of thiocarbonyl (C=S) groups is 1. The average molecular weight is 225 g/mol. The minimum atomic E-state index is 0.396. The normalized spacial score (nSPS) is 22.3. The SMILES string of the molecule is NC1=NC(=C=S)NN1NC1CCCCC1. The summed E-state index contributed by atoms with van der Waals surface area (Å²) in [5.74, 6) is 0.888. The summed E-state index contributed by atoms with van der Waals surface area (Å²) in [6.07, 6.45) is 6.25. The van der Waals surface area contributed by atoms with Gasteiger partial charge in [0.05, 0.1) is 0 Å². The van der Waals surface area contributed by atoms with Crippen LogP contribution in [0.4, 0.5) is 0 Å². The number of guanidine groups is 1. The highest BCUT2D eigenvalue weighted by Gasteiger charge is 2.21. The van der Waals surface area contributed by atoms with Crippen LogP contribution in [0.1, 0.15) is 32.1 Å². The summed E-state index contributed by atoms with van der Waals surface area (Å²) in [5.41, 5.74) is 11.9. The van der Waals surface area contributed by atoms with Gasteiger partial charge in [-0.25, -0.2) is 5.43 Å². The van der Waals surface area contributed by atoms with Gasteiger partial charge in [0.25, 0.3) is 0 Å². The first-order chi connectivity index (χ1) is 7.29. The maximum Gasteiger partial charge on any atom is 0.233 e. The molecule has 1 aliphatic heterocycles. The summed E-state index contributed by atoms with van der Waals surface area (Å²) in [7, 11) is 0. The number of hydrogen-bond donors (Lipinski definition) is 3. The molecule has 0 saturated heterocycles. The third-order valence-corrected chi connectivity index (χ3v) is 2.88. The van der Waals surface area contributed by atoms with Crippen LogP contribution in [0.2, 0.25) is 0 Å². The van der Waals surface area contributed by atoms with E-state index in [0.29, 0.717) is 17.8 Å². The highest BCUT2D eigenvalue weighted by atomic mass is 32.1. The molecule has 0 aromatic rings. The standard InChI is InChI=1S/C9H15N5S/c10-9-11-8(6-15)13-14(9)12-7-4-2-1-3-5-7/h7,12-13H,1-5H2,(H2,10,11). The van der Waals surface area contributed by atoms with E-state index in [1.807, 2.05) is 0 Å². The zero-order valence-corrected chi connectivity index (χ0v) is 9.31. The van der Waals surface area contributed by atoms with Crippen molar-refractivity contribution < 1.29 is 0 Å². The first kappa shape index (κ1) is 10.4. The van der Waals surface area contributed by atoms with E-state index in [-0.39, 0.29) is 0 Å². The molecule has 0 amide bonds. The molecule has 82 valence electrons. The Morgan fingerprint density at radius 3 is 2.80 bits per heavy atom. The molecule has 0 unspecified atom stereocenters. The van der Waals surface area contributed by atoms with Crippen LogP contribution in [-0.4, -0.2) is 22.1 Å². The van der Waals surface area contributed by atoms with Crippen molar-refractivity contribution in [3.63, 3.8) is 0 Å². The van der Waals surface area contributed by atoms with Crippen LogP contribution in [0.25, 0.3) is 0 Å². The van der Waals surface area contributed by atoms with Crippen LogP contribution in [0.15, 0.2) is 10.8 Å². The van der Waals surface area contributed by atoms with Crippen LogP contribution in [-0.2, 0) is 0 Å². The van der Waals surface area contributed by atoms with Crippen molar-refractivity contribution in [1.29, 1.82) is 0 Å². The lowest BCUT2D eigenvalue weighted by Gasteiger charge is -2.28. The van der Waals surface area contributed by atoms with Crippen molar-refractivity contribution in [2.24, 2.45) is 10.7 Å². The van der Waals surface area contributed by atoms with Gasteiger partial charge in [-0.2, -0.15) is 10.1 Å². The molecule has 0 bridgehead atoms. The second-order valence-corrected chi connectivity index (χ2v) is 4.04. The summed E-state index contributed by atoms with van der Waals surface area (Å²) in [6, 6.07) is 0.476. The summed E-state index contributed by atoms with van der Waals surface area (Å²) in [5, 5.41) is 4.13. The van der Waals surface area contributed by atoms with Gasteiger partial charge in [-0.15, -0.1) is 0 Å². The Morgan fingerprint density at radius 2 is 2.20 bits per heavy atom. The van der Waals surface area contributed by atoms with Crippen molar-refractivity contribution in [2.45, 2.75) is 38.1 Å². The quantitative estimate of drug-likeness (QED) is 0.594. The maximum absolute atomic E-state index is 5.71. The number of nitrogens with one attached hydrogen (secondary N) is 2. The van der Waals surface area contributed by atoms with Crippen molar-refractivity contribution in [2.75, 3.05) is 0 Å². The van der Waals surface area contributed by atoms with Gasteiger partial charge in [-0.3, -0.25) is 5.43 Å². The van der Waals surface area contributed by atoms with Crippen LogP contribution < -0.4 is 16.6 Å². The highest BCUT2D eigenvalue weighted by Crippen LogP contribution is 2.17. The van der Waals surface area contributed by atoms with Crippen LogP contribution in [0.5, 0.6) is 0 Å². The number of nitrogens with zero attached hydrogens (tertiary/aromatic N) is 2. The van der Waals surface area contributed by atoms with Crippen LogP contribution >= 0.6 is 12.2 Å². The lowest BCUT2D eigenvalue weighted by Crippen LogP contribution is -2.54. The molecule has 1 aliphatic carbocycles. The van der Waals surface area contributed by atoms with Gasteiger partial charge in [0.15, 0.2) is 0 Å². The molecule has 2 aliphatic rings. The van der Waals surface area contributed by atoms with E-state index in [0.717, 1.165) is 0 Å². The fraction of sp³-hybridized carbons (Fsp3) is 0.667. The number of aliphatic imine (C=N–C) groups is 1. The van der Waals surface area contributed by atoms with Gasteiger partial charge in [-0.1, -0.05) is 19.3 Å². The molecule has 1 heterocycles. The number of hydrazine groups is 2. The molecular formula is C9H15N5S. The lowest BCUT2D eigenvalue weighted by molar-refractivity contribution is 0.191. The predicted molar refractivity (Wildman–Crippen MR) is 62.7 cm³/mol. The fourth-order valence-corrected chi connectivity index (χ4v) is 2.00. The summed E-state index contributed by atoms with van der Waals surface area (Å²) in [4.78, 5) is 4.00. The zero-order chi connectivity index (χ0) is 10.7. The highest BCUT2D eigenvalue weighted by molar-refractivity contribution is 7.78. The summed E-state index contributed by atoms with van der Waals surface area (Å²) < 4.78 is 0. The van der Waals surface area contributed by atoms with Gasteiger partial charge in [0.1, 0.15) is 0 Å². The molecule has 4 N–H and O–H groups in total. The smallest absolute Gasteiger partial charge is 0.233 e. The van der Waals surface area contributed by atoms with Gasteiger partial charge in [-0.05, 0) is 25.1 Å². The molecule has 2 rings (SSSR count). The maximum atomic E-state index is 5.71. The Hall–Kier alpha value is -1.10. The molecule has 5 nitrogen and oxygen atoms in total. The Bertz CT molecular complexity index is 314. The van der Waals surface area contributed by atoms with Crippen molar-refractivity contribution >= 4 is 23.2 Å². The monoisotopic (exact) mass is 225 g/mol. The first-order valence-corrected chi connectivity index (χ1v) is 5.62. The lowest BCUT2D eigenvalue weighted by atomic mass is 9.96. The molecular weight excluding hydrogens is 210 g/mol. The molecule has 0 atom stereocenters. The average Bonchev–Trinajstić information content (AvgIpc) is 2.61. The third kappa shape index (κ3) is 2.47. The van der Waals surface area contributed by atoms with Crippen molar-refractivity contribution in [3.8, 4) is 0 Å².